The molecule has 0 aromatic rings. The Morgan fingerprint density at radius 3 is 2.33 bits per heavy atom. The van der Waals surface area contributed by atoms with Crippen molar-refractivity contribution in [2.45, 2.75) is 59.8 Å². The Hall–Kier alpha value is -0.560. The number of carbonyl (C=O) groups excluding carboxylic acids is 1. The summed E-state index contributed by atoms with van der Waals surface area (Å²) in [6, 6.07) is 0. The van der Waals surface area contributed by atoms with Gasteiger partial charge in [-0.15, -0.1) is 0 Å². The van der Waals surface area contributed by atoms with Gasteiger partial charge in [-0.25, -0.2) is 0 Å². The van der Waals surface area contributed by atoms with Crippen molar-refractivity contribution in [2.24, 2.45) is 11.8 Å². The highest BCUT2D eigenvalue weighted by molar-refractivity contribution is 6.66. The third kappa shape index (κ3) is 10.6. The number of hydrogen-bond donors (Lipinski definition) is 0. The molecule has 0 fully saturated rings. The van der Waals surface area contributed by atoms with E-state index in [1.807, 2.05) is 13.0 Å². The van der Waals surface area contributed by atoms with Crippen LogP contribution in [-0.4, -0.2) is 5.24 Å². The summed E-state index contributed by atoms with van der Waals surface area (Å²) in [6.07, 6.45) is 11.8. The van der Waals surface area contributed by atoms with Gasteiger partial charge >= 0.3 is 0 Å². The van der Waals surface area contributed by atoms with Gasteiger partial charge < -0.3 is 0 Å². The van der Waals surface area contributed by atoms with Crippen LogP contribution in [0.5, 0.6) is 0 Å². The van der Waals surface area contributed by atoms with Crippen LogP contribution in [-0.2, 0) is 4.79 Å². The zero-order valence-electron chi connectivity index (χ0n) is 12.2. The molecule has 0 aliphatic rings. The van der Waals surface area contributed by atoms with Gasteiger partial charge in [-0.05, 0) is 48.8 Å². The highest BCUT2D eigenvalue weighted by atomic mass is 35.5. The molecule has 2 unspecified atom stereocenters. The molecule has 0 rings (SSSR count). The first-order valence-corrected chi connectivity index (χ1v) is 7.37. The van der Waals surface area contributed by atoms with Crippen LogP contribution in [0.2, 0.25) is 0 Å². The van der Waals surface area contributed by atoms with Crippen LogP contribution in [0.25, 0.3) is 0 Å². The van der Waals surface area contributed by atoms with Gasteiger partial charge in [-0.1, -0.05) is 52.2 Å². The Balaban J connectivity index is 3.77. The Bertz CT molecular complexity index is 291. The fraction of sp³-hybridized carbons (Fsp3) is 0.688. The lowest BCUT2D eigenvalue weighted by atomic mass is 9.93. The lowest BCUT2D eigenvalue weighted by molar-refractivity contribution is -0.107. The average molecular weight is 271 g/mol. The molecule has 18 heavy (non-hydrogen) atoms. The van der Waals surface area contributed by atoms with Crippen LogP contribution in [0.15, 0.2) is 23.8 Å². The Morgan fingerprint density at radius 2 is 1.78 bits per heavy atom. The largest absolute Gasteiger partial charge is 0.276 e. The molecule has 0 spiro atoms. The van der Waals surface area contributed by atoms with Crippen LogP contribution >= 0.6 is 11.6 Å². The lowest BCUT2D eigenvalue weighted by Gasteiger charge is -2.13. The van der Waals surface area contributed by atoms with Crippen molar-refractivity contribution >= 4 is 16.8 Å². The maximum absolute atomic E-state index is 10.6. The number of rotatable bonds is 9. The lowest BCUT2D eigenvalue weighted by Crippen LogP contribution is -1.99. The number of allylic oxidation sites excluding steroid dienone is 4. The molecule has 0 aliphatic heterocycles. The second-order valence-corrected chi connectivity index (χ2v) is 5.74. The molecule has 1 nitrogen and oxygen atoms in total. The van der Waals surface area contributed by atoms with E-state index in [-0.39, 0.29) is 0 Å². The monoisotopic (exact) mass is 270 g/mol. The minimum absolute atomic E-state index is 0.404. The van der Waals surface area contributed by atoms with Crippen LogP contribution in [0.3, 0.4) is 0 Å². The average Bonchev–Trinajstić information content (AvgIpc) is 2.30. The molecule has 0 amide bonds. The molecule has 104 valence electrons. The van der Waals surface area contributed by atoms with Crippen molar-refractivity contribution < 1.29 is 4.79 Å². The van der Waals surface area contributed by atoms with Crippen molar-refractivity contribution in [2.75, 3.05) is 0 Å². The molecule has 0 heterocycles. The van der Waals surface area contributed by atoms with E-state index in [2.05, 4.69) is 26.8 Å². The minimum Gasteiger partial charge on any atom is -0.276 e. The van der Waals surface area contributed by atoms with Gasteiger partial charge in [-0.3, -0.25) is 4.79 Å². The summed E-state index contributed by atoms with van der Waals surface area (Å²) in [5.74, 6) is 1.63. The first kappa shape index (κ1) is 17.4. The highest BCUT2D eigenvalue weighted by Crippen LogP contribution is 2.18. The molecule has 0 N–H and O–H groups in total. The second kappa shape index (κ2) is 10.4. The van der Waals surface area contributed by atoms with Crippen molar-refractivity contribution in [3.05, 3.63) is 23.8 Å². The molecule has 2 heteroatoms. The Kier molecular flexibility index (Phi) is 10.0. The maximum atomic E-state index is 10.6. The van der Waals surface area contributed by atoms with E-state index in [1.54, 1.807) is 0 Å². The molecular formula is C16H27ClO. The van der Waals surface area contributed by atoms with Gasteiger partial charge in [0, 0.05) is 6.08 Å². The van der Waals surface area contributed by atoms with Crippen LogP contribution in [0, 0.1) is 11.8 Å². The SMILES string of the molecule is CCC(C)CCC(C)CCC=CC(C)=CC(=O)Cl. The number of halogens is 1. The van der Waals surface area contributed by atoms with E-state index < -0.39 is 5.24 Å². The van der Waals surface area contributed by atoms with Gasteiger partial charge in [0.2, 0.25) is 5.24 Å². The van der Waals surface area contributed by atoms with Gasteiger partial charge in [-0.2, -0.15) is 0 Å². The summed E-state index contributed by atoms with van der Waals surface area (Å²) in [5.41, 5.74) is 0.919. The molecular weight excluding hydrogens is 244 g/mol. The van der Waals surface area contributed by atoms with Gasteiger partial charge in [0.25, 0.3) is 0 Å². The first-order chi connectivity index (χ1) is 8.45. The van der Waals surface area contributed by atoms with Crippen LogP contribution in [0.4, 0.5) is 0 Å². The van der Waals surface area contributed by atoms with E-state index in [0.29, 0.717) is 0 Å². The number of carbonyl (C=O) groups is 1. The summed E-state index contributed by atoms with van der Waals surface area (Å²) < 4.78 is 0. The minimum atomic E-state index is -0.404. The summed E-state index contributed by atoms with van der Waals surface area (Å²) in [6.45, 7) is 8.79. The van der Waals surface area contributed by atoms with Gasteiger partial charge in [0.15, 0.2) is 0 Å². The molecule has 0 saturated carbocycles. The quantitative estimate of drug-likeness (QED) is 0.307. The van der Waals surface area contributed by atoms with Gasteiger partial charge in [0.1, 0.15) is 0 Å². The zero-order valence-corrected chi connectivity index (χ0v) is 13.0. The summed E-state index contributed by atoms with van der Waals surface area (Å²) in [4.78, 5) is 10.6. The third-order valence-electron chi connectivity index (χ3n) is 3.40. The molecule has 0 bridgehead atoms. The van der Waals surface area contributed by atoms with E-state index in [9.17, 15) is 4.79 Å². The molecule has 0 aliphatic carbocycles. The highest BCUT2D eigenvalue weighted by Gasteiger charge is 2.04. The first-order valence-electron chi connectivity index (χ1n) is 7.00. The van der Waals surface area contributed by atoms with Crippen LogP contribution in [0.1, 0.15) is 59.8 Å². The van der Waals surface area contributed by atoms with E-state index in [4.69, 9.17) is 11.6 Å². The van der Waals surface area contributed by atoms with Crippen molar-refractivity contribution in [1.29, 1.82) is 0 Å². The summed E-state index contributed by atoms with van der Waals surface area (Å²) >= 11 is 5.27. The van der Waals surface area contributed by atoms with Crippen molar-refractivity contribution in [1.82, 2.24) is 0 Å². The predicted molar refractivity (Wildman–Crippen MR) is 80.8 cm³/mol. The zero-order chi connectivity index (χ0) is 14.0. The van der Waals surface area contributed by atoms with Gasteiger partial charge in [0.05, 0.1) is 0 Å². The second-order valence-electron chi connectivity index (χ2n) is 5.37. The standard InChI is InChI=1S/C16H27ClO/c1-5-13(2)10-11-14(3)8-6-7-9-15(4)12-16(17)18/h7,9,12-14H,5-6,8,10-11H2,1-4H3. The fourth-order valence-electron chi connectivity index (χ4n) is 1.79. The van der Waals surface area contributed by atoms with Crippen molar-refractivity contribution in [3.8, 4) is 0 Å². The molecule has 0 saturated heterocycles. The van der Waals surface area contributed by atoms with Crippen LogP contribution < -0.4 is 0 Å². The van der Waals surface area contributed by atoms with E-state index in [0.717, 1.165) is 23.8 Å². The van der Waals surface area contributed by atoms with E-state index in [1.165, 1.54) is 31.8 Å². The number of hydrogen-bond acceptors (Lipinski definition) is 1. The Morgan fingerprint density at radius 1 is 1.17 bits per heavy atom. The smallest absolute Gasteiger partial charge is 0.245 e. The Labute approximate surface area is 117 Å². The molecule has 0 aromatic carbocycles. The fourth-order valence-corrected chi connectivity index (χ4v) is 1.97. The maximum Gasteiger partial charge on any atom is 0.245 e. The predicted octanol–water partition coefficient (Wildman–Crippen LogP) is 5.50. The normalized spacial score (nSPS) is 15.9. The summed E-state index contributed by atoms with van der Waals surface area (Å²) in [7, 11) is 0. The molecule has 0 aromatic heterocycles. The third-order valence-corrected chi connectivity index (χ3v) is 3.51. The van der Waals surface area contributed by atoms with E-state index >= 15 is 0 Å². The molecule has 2 atom stereocenters. The van der Waals surface area contributed by atoms with Crippen molar-refractivity contribution in [3.63, 3.8) is 0 Å². The molecule has 0 radical (unpaired) electrons. The topological polar surface area (TPSA) is 17.1 Å². The summed E-state index contributed by atoms with van der Waals surface area (Å²) in [5, 5.41) is -0.404.